The van der Waals surface area contributed by atoms with Gasteiger partial charge in [0.05, 0.1) is 27.8 Å². The van der Waals surface area contributed by atoms with Crippen LogP contribution in [0.15, 0.2) is 413 Å². The number of fused-ring (bicyclic) bond motifs is 12. The molecule has 0 aliphatic heterocycles. The Balaban J connectivity index is 0.000000141. The van der Waals surface area contributed by atoms with Gasteiger partial charge in [0.2, 0.25) is 0 Å². The molecule has 0 saturated carbocycles. The Morgan fingerprint density at radius 1 is 0.160 bits per heavy atom. The lowest BCUT2D eigenvalue weighted by atomic mass is 9.96. The summed E-state index contributed by atoms with van der Waals surface area (Å²) < 4.78 is 4.82. The highest BCUT2D eigenvalue weighted by atomic mass is 15.1. The van der Waals surface area contributed by atoms with Crippen LogP contribution in [0.4, 0.5) is 34.1 Å². The first-order valence-electron chi connectivity index (χ1n) is 36.4. The highest BCUT2D eigenvalue weighted by molar-refractivity contribution is 6.16. The molecule has 4 nitrogen and oxygen atoms in total. The quantitative estimate of drug-likeness (QED) is 0.128. The molecule has 21 rings (SSSR count). The maximum Gasteiger partial charge on any atom is 0.0547 e. The molecular weight excluding hydrogens is 1280 g/mol. The Labute approximate surface area is 614 Å². The molecule has 2 aromatic heterocycles. The summed E-state index contributed by atoms with van der Waals surface area (Å²) in [5.74, 6) is 0. The topological polar surface area (TPSA) is 16.3 Å². The molecule has 0 atom stereocenters. The van der Waals surface area contributed by atoms with Crippen molar-refractivity contribution in [3.8, 4) is 44.8 Å². The van der Waals surface area contributed by atoms with Gasteiger partial charge in [0.1, 0.15) is 0 Å². The van der Waals surface area contributed by atoms with E-state index in [0.29, 0.717) is 0 Å². The van der Waals surface area contributed by atoms with E-state index in [-0.39, 0.29) is 0 Å². The standard InChI is InChI=1S/C54H36N2.C48H32N2/c1-2-16-44(17-3-1)55(45-28-24-38(25-29-45)43-23-22-37-12-4-5-13-40(37)34-43)53-33-32-47(48-18-8-9-19-49(48)53)39-26-30-46(31-27-39)56-52-21-11-10-20-50(52)51-35-41-14-6-7-15-42(41)36-54(51)56;1-2-14-41(15-3-1)49(42-24-20-34(21-25-42)38-19-18-33-10-4-5-11-35(33)28-38)43-26-22-40-30-44(27-23-39(40)29-43)50-47-17-9-8-16-45(47)46-31-36-12-6-7-13-37(36)32-48(46)50/h1-36H;1-32H. The Morgan fingerprint density at radius 3 is 1.05 bits per heavy atom. The lowest BCUT2D eigenvalue weighted by molar-refractivity contribution is 1.18. The van der Waals surface area contributed by atoms with Crippen LogP contribution >= 0.6 is 0 Å². The molecule has 0 unspecified atom stereocenters. The number of hydrogen-bond acceptors (Lipinski definition) is 2. The fourth-order valence-corrected chi connectivity index (χ4v) is 16.3. The zero-order chi connectivity index (χ0) is 70.0. The van der Waals surface area contributed by atoms with Gasteiger partial charge in [-0.1, -0.05) is 273 Å². The van der Waals surface area contributed by atoms with E-state index in [1.165, 1.54) is 142 Å². The smallest absolute Gasteiger partial charge is 0.0547 e. The Kier molecular flexibility index (Phi) is 15.2. The first-order chi connectivity index (χ1) is 52.5. The molecule has 19 aromatic carbocycles. The number of anilines is 6. The highest BCUT2D eigenvalue weighted by Crippen LogP contribution is 2.45. The monoisotopic (exact) mass is 1350 g/mol. The second kappa shape index (κ2) is 26.1. The van der Waals surface area contributed by atoms with Gasteiger partial charge in [-0.05, 0) is 232 Å². The SMILES string of the molecule is c1ccc(N(c2ccc(-c3ccc4ccccc4c3)cc2)c2ccc(-c3ccc(-n4c5ccccc5c5cc6ccccc6cc54)cc3)c3ccccc23)cc1.c1ccc(N(c2ccc(-c3ccc4ccccc4c3)cc2)c2ccc3cc(-n4c5ccccc5c5cc6ccccc6cc54)ccc3c2)cc1. The van der Waals surface area contributed by atoms with Crippen molar-refractivity contribution >= 4 is 142 Å². The van der Waals surface area contributed by atoms with Crippen LogP contribution in [0.5, 0.6) is 0 Å². The fraction of sp³-hybridized carbons (Fsp3) is 0. The predicted molar refractivity (Wildman–Crippen MR) is 452 cm³/mol. The maximum absolute atomic E-state index is 2.41. The lowest BCUT2D eigenvalue weighted by Gasteiger charge is -2.27. The van der Waals surface area contributed by atoms with Crippen molar-refractivity contribution in [2.45, 2.75) is 0 Å². The van der Waals surface area contributed by atoms with Crippen molar-refractivity contribution in [3.63, 3.8) is 0 Å². The van der Waals surface area contributed by atoms with Crippen LogP contribution in [0.1, 0.15) is 0 Å². The number of rotatable bonds is 11. The average molecular weight is 1350 g/mol. The van der Waals surface area contributed by atoms with Gasteiger partial charge in [-0.3, -0.25) is 0 Å². The van der Waals surface area contributed by atoms with E-state index in [4.69, 9.17) is 0 Å². The summed E-state index contributed by atoms with van der Waals surface area (Å²) in [6.07, 6.45) is 0. The molecule has 106 heavy (non-hydrogen) atoms. The minimum Gasteiger partial charge on any atom is -0.310 e. The zero-order valence-corrected chi connectivity index (χ0v) is 58.0. The predicted octanol–water partition coefficient (Wildman–Crippen LogP) is 28.4. The van der Waals surface area contributed by atoms with Crippen LogP contribution in [0.3, 0.4) is 0 Å². The average Bonchev–Trinajstić information content (AvgIpc) is 1.56. The Hall–Kier alpha value is -14.1. The summed E-state index contributed by atoms with van der Waals surface area (Å²) in [5.41, 5.74) is 21.2. The molecule has 4 heteroatoms. The van der Waals surface area contributed by atoms with E-state index in [1.807, 2.05) is 0 Å². The van der Waals surface area contributed by atoms with Gasteiger partial charge < -0.3 is 18.9 Å². The van der Waals surface area contributed by atoms with Gasteiger partial charge in [-0.15, -0.1) is 0 Å². The van der Waals surface area contributed by atoms with Crippen molar-refractivity contribution in [2.24, 2.45) is 0 Å². The van der Waals surface area contributed by atoms with Crippen LogP contribution in [0.25, 0.3) is 153 Å². The summed E-state index contributed by atoms with van der Waals surface area (Å²) in [5, 5.41) is 20.0. The van der Waals surface area contributed by atoms with E-state index in [9.17, 15) is 0 Å². The molecule has 0 aliphatic carbocycles. The number of nitrogens with zero attached hydrogens (tertiary/aromatic N) is 4. The lowest BCUT2D eigenvalue weighted by Crippen LogP contribution is -2.10. The second-order valence-electron chi connectivity index (χ2n) is 27.6. The van der Waals surface area contributed by atoms with Crippen molar-refractivity contribution in [2.75, 3.05) is 9.80 Å². The molecule has 2 heterocycles. The third-order valence-electron chi connectivity index (χ3n) is 21.4. The fourth-order valence-electron chi connectivity index (χ4n) is 16.3. The number of benzene rings is 19. The molecule has 0 radical (unpaired) electrons. The molecule has 0 aliphatic rings. The molecule has 21 aromatic rings. The third-order valence-corrected chi connectivity index (χ3v) is 21.4. The van der Waals surface area contributed by atoms with Crippen LogP contribution in [0, 0.1) is 0 Å². The maximum atomic E-state index is 2.41. The Bertz CT molecular complexity index is 6930. The minimum absolute atomic E-state index is 1.11. The van der Waals surface area contributed by atoms with Crippen LogP contribution in [-0.4, -0.2) is 9.13 Å². The van der Waals surface area contributed by atoms with Gasteiger partial charge in [0.15, 0.2) is 0 Å². The van der Waals surface area contributed by atoms with Gasteiger partial charge in [-0.25, -0.2) is 0 Å². The summed E-state index contributed by atoms with van der Waals surface area (Å²) >= 11 is 0. The molecule has 0 N–H and O–H groups in total. The first kappa shape index (κ1) is 61.8. The van der Waals surface area contributed by atoms with Crippen LogP contribution in [0.2, 0.25) is 0 Å². The summed E-state index contributed by atoms with van der Waals surface area (Å²) in [6.45, 7) is 0. The minimum atomic E-state index is 1.11. The van der Waals surface area contributed by atoms with Gasteiger partial charge in [0, 0.05) is 66.7 Å². The van der Waals surface area contributed by atoms with Crippen molar-refractivity contribution in [1.29, 1.82) is 0 Å². The molecule has 496 valence electrons. The second-order valence-corrected chi connectivity index (χ2v) is 27.6. The molecule has 0 saturated heterocycles. The number of aromatic nitrogens is 2. The van der Waals surface area contributed by atoms with E-state index < -0.39 is 0 Å². The summed E-state index contributed by atoms with van der Waals surface area (Å²) in [4.78, 5) is 4.72. The Morgan fingerprint density at radius 2 is 0.509 bits per heavy atom. The van der Waals surface area contributed by atoms with Gasteiger partial charge in [0.25, 0.3) is 0 Å². The van der Waals surface area contributed by atoms with Crippen molar-refractivity contribution < 1.29 is 0 Å². The van der Waals surface area contributed by atoms with E-state index in [0.717, 1.165) is 45.5 Å². The largest absolute Gasteiger partial charge is 0.310 e. The van der Waals surface area contributed by atoms with E-state index in [1.54, 1.807) is 0 Å². The zero-order valence-electron chi connectivity index (χ0n) is 58.0. The van der Waals surface area contributed by atoms with Gasteiger partial charge in [-0.2, -0.15) is 0 Å². The summed E-state index contributed by atoms with van der Waals surface area (Å²) in [6, 6.07) is 150. The molecule has 0 spiro atoms. The van der Waals surface area contributed by atoms with Crippen LogP contribution in [-0.2, 0) is 0 Å². The molecule has 0 bridgehead atoms. The third kappa shape index (κ3) is 11.0. The van der Waals surface area contributed by atoms with E-state index in [2.05, 4.69) is 431 Å². The number of para-hydroxylation sites is 4. The van der Waals surface area contributed by atoms with Crippen molar-refractivity contribution in [1.82, 2.24) is 9.13 Å². The molecule has 0 amide bonds. The molecular formula is C102H68N4. The van der Waals surface area contributed by atoms with E-state index >= 15 is 0 Å². The normalized spacial score (nSPS) is 11.6. The highest BCUT2D eigenvalue weighted by Gasteiger charge is 2.21. The number of hydrogen-bond donors (Lipinski definition) is 0. The first-order valence-corrected chi connectivity index (χ1v) is 36.4. The van der Waals surface area contributed by atoms with Gasteiger partial charge >= 0.3 is 0 Å². The van der Waals surface area contributed by atoms with Crippen LogP contribution < -0.4 is 9.80 Å². The molecule has 0 fully saturated rings. The summed E-state index contributed by atoms with van der Waals surface area (Å²) in [7, 11) is 0. The van der Waals surface area contributed by atoms with Crippen molar-refractivity contribution in [3.05, 3.63) is 413 Å².